The van der Waals surface area contributed by atoms with Crippen LogP contribution in [0.2, 0.25) is 0 Å². The van der Waals surface area contributed by atoms with E-state index < -0.39 is 15.8 Å². The van der Waals surface area contributed by atoms with E-state index in [9.17, 15) is 12.8 Å². The molecule has 0 atom stereocenters. The highest BCUT2D eigenvalue weighted by molar-refractivity contribution is 7.92. The first-order chi connectivity index (χ1) is 9.83. The van der Waals surface area contributed by atoms with Gasteiger partial charge in [-0.15, -0.1) is 0 Å². The zero-order valence-corrected chi connectivity index (χ0v) is 12.7. The molecular formula is C15H17FN2O2S. The first kappa shape index (κ1) is 15.5. The molecule has 0 heterocycles. The van der Waals surface area contributed by atoms with Crippen molar-refractivity contribution in [2.75, 3.05) is 4.72 Å². The average Bonchev–Trinajstić information content (AvgIpc) is 2.41. The van der Waals surface area contributed by atoms with E-state index in [0.717, 1.165) is 11.1 Å². The fourth-order valence-electron chi connectivity index (χ4n) is 2.04. The van der Waals surface area contributed by atoms with Gasteiger partial charge in [0.05, 0.1) is 10.6 Å². The van der Waals surface area contributed by atoms with Crippen LogP contribution >= 0.6 is 0 Å². The Kier molecular flexibility index (Phi) is 4.29. The van der Waals surface area contributed by atoms with Gasteiger partial charge in [-0.1, -0.05) is 18.2 Å². The Balaban J connectivity index is 2.38. The number of hydrogen-bond acceptors (Lipinski definition) is 3. The van der Waals surface area contributed by atoms with Crippen LogP contribution in [0.25, 0.3) is 0 Å². The number of aryl methyl sites for hydroxylation is 2. The third-order valence-electron chi connectivity index (χ3n) is 3.13. The number of nitrogens with two attached hydrogens (primary N) is 1. The van der Waals surface area contributed by atoms with Crippen LogP contribution in [0.3, 0.4) is 0 Å². The molecule has 0 spiro atoms. The Labute approximate surface area is 123 Å². The fourth-order valence-corrected chi connectivity index (χ4v) is 3.34. The molecule has 0 aliphatic carbocycles. The monoisotopic (exact) mass is 308 g/mol. The van der Waals surface area contributed by atoms with Crippen molar-refractivity contribution in [3.63, 3.8) is 0 Å². The first-order valence-corrected chi connectivity index (χ1v) is 7.90. The summed E-state index contributed by atoms with van der Waals surface area (Å²) in [5, 5.41) is 0. The smallest absolute Gasteiger partial charge is 0.262 e. The molecule has 0 bridgehead atoms. The lowest BCUT2D eigenvalue weighted by atomic mass is 10.1. The molecule has 0 aliphatic rings. The molecule has 0 aromatic heterocycles. The molecule has 112 valence electrons. The van der Waals surface area contributed by atoms with Gasteiger partial charge in [-0.2, -0.15) is 0 Å². The Morgan fingerprint density at radius 3 is 2.43 bits per heavy atom. The van der Waals surface area contributed by atoms with Crippen LogP contribution < -0.4 is 10.5 Å². The van der Waals surface area contributed by atoms with Crippen molar-refractivity contribution in [1.82, 2.24) is 0 Å². The summed E-state index contributed by atoms with van der Waals surface area (Å²) < 4.78 is 40.7. The summed E-state index contributed by atoms with van der Waals surface area (Å²) in [5.41, 5.74) is 7.58. The maximum absolute atomic E-state index is 13.8. The Bertz CT molecular complexity index is 773. The molecule has 3 N–H and O–H groups in total. The zero-order chi connectivity index (χ0) is 15.6. The second-order valence-corrected chi connectivity index (χ2v) is 6.54. The van der Waals surface area contributed by atoms with Crippen molar-refractivity contribution in [1.29, 1.82) is 0 Å². The summed E-state index contributed by atoms with van der Waals surface area (Å²) in [6.45, 7) is 3.75. The summed E-state index contributed by atoms with van der Waals surface area (Å²) in [6.07, 6.45) is 0. The molecular weight excluding hydrogens is 291 g/mol. The van der Waals surface area contributed by atoms with Crippen molar-refractivity contribution < 1.29 is 12.8 Å². The van der Waals surface area contributed by atoms with E-state index in [-0.39, 0.29) is 10.6 Å². The van der Waals surface area contributed by atoms with Gasteiger partial charge in [0.2, 0.25) is 0 Å². The predicted octanol–water partition coefficient (Wildman–Crippen LogP) is 2.70. The maximum Gasteiger partial charge on any atom is 0.262 e. The molecule has 0 unspecified atom stereocenters. The van der Waals surface area contributed by atoms with Gasteiger partial charge in [-0.3, -0.25) is 4.72 Å². The topological polar surface area (TPSA) is 72.2 Å². The van der Waals surface area contributed by atoms with Crippen LogP contribution in [0.5, 0.6) is 0 Å². The van der Waals surface area contributed by atoms with Gasteiger partial charge in [0, 0.05) is 6.54 Å². The molecule has 2 aromatic carbocycles. The number of halogens is 1. The SMILES string of the molecule is Cc1ccc(NS(=O)(=O)c2ccc(CN)cc2C)c(F)c1. The Hall–Kier alpha value is -1.92. The van der Waals surface area contributed by atoms with Gasteiger partial charge in [0.1, 0.15) is 5.82 Å². The molecule has 0 radical (unpaired) electrons. The maximum atomic E-state index is 13.8. The quantitative estimate of drug-likeness (QED) is 0.912. The van der Waals surface area contributed by atoms with Crippen LogP contribution in [0.4, 0.5) is 10.1 Å². The average molecular weight is 308 g/mol. The summed E-state index contributed by atoms with van der Waals surface area (Å²) in [4.78, 5) is 0.111. The van der Waals surface area contributed by atoms with Crippen LogP contribution in [0.1, 0.15) is 16.7 Å². The highest BCUT2D eigenvalue weighted by Gasteiger charge is 2.18. The van der Waals surface area contributed by atoms with Crippen molar-refractivity contribution in [2.24, 2.45) is 5.73 Å². The van der Waals surface area contributed by atoms with Crippen LogP contribution in [-0.4, -0.2) is 8.42 Å². The second-order valence-electron chi connectivity index (χ2n) is 4.89. The van der Waals surface area contributed by atoms with Gasteiger partial charge in [0.15, 0.2) is 0 Å². The third kappa shape index (κ3) is 3.40. The van der Waals surface area contributed by atoms with Crippen LogP contribution in [0.15, 0.2) is 41.3 Å². The third-order valence-corrected chi connectivity index (χ3v) is 4.66. The molecule has 0 amide bonds. The molecule has 6 heteroatoms. The van der Waals surface area contributed by atoms with Crippen molar-refractivity contribution in [2.45, 2.75) is 25.3 Å². The summed E-state index contributed by atoms with van der Waals surface area (Å²) in [6, 6.07) is 9.17. The lowest BCUT2D eigenvalue weighted by Gasteiger charge is -2.12. The minimum Gasteiger partial charge on any atom is -0.326 e. The highest BCUT2D eigenvalue weighted by atomic mass is 32.2. The first-order valence-electron chi connectivity index (χ1n) is 6.42. The molecule has 21 heavy (non-hydrogen) atoms. The number of anilines is 1. The fraction of sp³-hybridized carbons (Fsp3) is 0.200. The number of rotatable bonds is 4. The Morgan fingerprint density at radius 1 is 1.14 bits per heavy atom. The summed E-state index contributed by atoms with van der Waals surface area (Å²) in [5.74, 6) is -0.602. The molecule has 0 saturated heterocycles. The largest absolute Gasteiger partial charge is 0.326 e. The lowest BCUT2D eigenvalue weighted by Crippen LogP contribution is -2.15. The van der Waals surface area contributed by atoms with Crippen LogP contribution in [-0.2, 0) is 16.6 Å². The van der Waals surface area contributed by atoms with E-state index in [1.54, 1.807) is 32.0 Å². The number of nitrogens with one attached hydrogen (secondary N) is 1. The highest BCUT2D eigenvalue weighted by Crippen LogP contribution is 2.22. The van der Waals surface area contributed by atoms with E-state index in [2.05, 4.69) is 4.72 Å². The van der Waals surface area contributed by atoms with Gasteiger partial charge < -0.3 is 5.73 Å². The zero-order valence-electron chi connectivity index (χ0n) is 11.9. The van der Waals surface area contributed by atoms with E-state index >= 15 is 0 Å². The molecule has 4 nitrogen and oxygen atoms in total. The number of sulfonamides is 1. The molecule has 0 aliphatic heterocycles. The summed E-state index contributed by atoms with van der Waals surface area (Å²) in [7, 11) is -3.84. The molecule has 0 fully saturated rings. The number of benzene rings is 2. The van der Waals surface area contributed by atoms with E-state index in [1.807, 2.05) is 0 Å². The van der Waals surface area contributed by atoms with Gasteiger partial charge >= 0.3 is 0 Å². The Morgan fingerprint density at radius 2 is 1.86 bits per heavy atom. The van der Waals surface area contributed by atoms with E-state index in [0.29, 0.717) is 12.1 Å². The van der Waals surface area contributed by atoms with Crippen LogP contribution in [0, 0.1) is 19.7 Å². The lowest BCUT2D eigenvalue weighted by molar-refractivity contribution is 0.598. The predicted molar refractivity (Wildman–Crippen MR) is 81.0 cm³/mol. The minimum atomic E-state index is -3.84. The summed E-state index contributed by atoms with van der Waals surface area (Å²) >= 11 is 0. The van der Waals surface area contributed by atoms with Gasteiger partial charge in [-0.05, 0) is 48.7 Å². The van der Waals surface area contributed by atoms with Crippen molar-refractivity contribution >= 4 is 15.7 Å². The molecule has 2 aromatic rings. The number of hydrogen-bond donors (Lipinski definition) is 2. The van der Waals surface area contributed by atoms with E-state index in [4.69, 9.17) is 5.73 Å². The van der Waals surface area contributed by atoms with Gasteiger partial charge in [0.25, 0.3) is 10.0 Å². The molecule has 0 saturated carbocycles. The van der Waals surface area contributed by atoms with E-state index in [1.165, 1.54) is 18.2 Å². The van der Waals surface area contributed by atoms with Crippen molar-refractivity contribution in [3.05, 3.63) is 58.9 Å². The standard InChI is InChI=1S/C15H17FN2O2S/c1-10-3-5-14(13(16)7-10)18-21(19,20)15-6-4-12(9-17)8-11(15)2/h3-8,18H,9,17H2,1-2H3. The molecule has 2 rings (SSSR count). The normalized spacial score (nSPS) is 11.4. The van der Waals surface area contributed by atoms with Gasteiger partial charge in [-0.25, -0.2) is 12.8 Å². The van der Waals surface area contributed by atoms with Crippen molar-refractivity contribution in [3.8, 4) is 0 Å². The minimum absolute atomic E-state index is 0.0668. The second kappa shape index (κ2) is 5.83.